The van der Waals surface area contributed by atoms with E-state index in [9.17, 15) is 4.79 Å². The van der Waals surface area contributed by atoms with Gasteiger partial charge in [-0.15, -0.1) is 0 Å². The van der Waals surface area contributed by atoms with E-state index in [-0.39, 0.29) is 12.5 Å². The molecule has 0 aliphatic carbocycles. The number of nitrogens with one attached hydrogen (secondary N) is 2. The van der Waals surface area contributed by atoms with Crippen LogP contribution >= 0.6 is 12.2 Å². The van der Waals surface area contributed by atoms with E-state index in [1.165, 1.54) is 0 Å². The van der Waals surface area contributed by atoms with Crippen LogP contribution in [0.2, 0.25) is 0 Å². The summed E-state index contributed by atoms with van der Waals surface area (Å²) in [5.74, 6) is 0.494. The normalized spacial score (nSPS) is 10.8. The summed E-state index contributed by atoms with van der Waals surface area (Å²) >= 11 is 5.32. The summed E-state index contributed by atoms with van der Waals surface area (Å²) in [5, 5.41) is 14.3. The zero-order valence-electron chi connectivity index (χ0n) is 15.9. The molecule has 1 amide bonds. The van der Waals surface area contributed by atoms with Gasteiger partial charge in [0, 0.05) is 24.5 Å². The Labute approximate surface area is 173 Å². The van der Waals surface area contributed by atoms with Crippen molar-refractivity contribution in [3.05, 3.63) is 82.9 Å². The molecule has 0 fully saturated rings. The number of aromatic amines is 1. The third kappa shape index (κ3) is 4.17. The average Bonchev–Trinajstić information content (AvgIpc) is 3.38. The highest BCUT2D eigenvalue weighted by Crippen LogP contribution is 2.18. The molecule has 146 valence electrons. The number of amides is 1. The molecule has 4 rings (SSSR count). The first-order valence-corrected chi connectivity index (χ1v) is 9.59. The lowest BCUT2D eigenvalue weighted by Crippen LogP contribution is -2.28. The Morgan fingerprint density at radius 1 is 1.14 bits per heavy atom. The zero-order valence-corrected chi connectivity index (χ0v) is 16.7. The van der Waals surface area contributed by atoms with Crippen LogP contribution in [0.15, 0.2) is 67.0 Å². The van der Waals surface area contributed by atoms with E-state index in [1.807, 2.05) is 67.7 Å². The number of carbonyl (C=O) groups excluding carboxylic acids is 1. The lowest BCUT2D eigenvalue weighted by Gasteiger charge is -2.12. The molecule has 8 heteroatoms. The van der Waals surface area contributed by atoms with Gasteiger partial charge in [0.1, 0.15) is 6.54 Å². The van der Waals surface area contributed by atoms with Gasteiger partial charge in [0.2, 0.25) is 5.91 Å². The third-order valence-corrected chi connectivity index (χ3v) is 4.90. The Morgan fingerprint density at radius 2 is 1.93 bits per heavy atom. The van der Waals surface area contributed by atoms with Crippen LogP contribution in [0.3, 0.4) is 0 Å². The molecule has 2 aromatic carbocycles. The summed E-state index contributed by atoms with van der Waals surface area (Å²) in [6.45, 7) is 2.50. The molecule has 0 saturated heterocycles. The minimum Gasteiger partial charge on any atom is -0.350 e. The van der Waals surface area contributed by atoms with Crippen LogP contribution in [0.5, 0.6) is 0 Å². The summed E-state index contributed by atoms with van der Waals surface area (Å²) in [5.41, 5.74) is 3.96. The molecular formula is C21H20N6OS. The van der Waals surface area contributed by atoms with Gasteiger partial charge >= 0.3 is 0 Å². The number of hydrogen-bond donors (Lipinski definition) is 2. The summed E-state index contributed by atoms with van der Waals surface area (Å²) in [4.78, 5) is 12.6. The van der Waals surface area contributed by atoms with E-state index in [1.54, 1.807) is 15.4 Å². The fraction of sp³-hybridized carbons (Fsp3) is 0.143. The molecule has 7 nitrogen and oxygen atoms in total. The van der Waals surface area contributed by atoms with E-state index in [0.29, 0.717) is 17.1 Å². The van der Waals surface area contributed by atoms with Gasteiger partial charge in [-0.2, -0.15) is 10.2 Å². The van der Waals surface area contributed by atoms with Crippen LogP contribution in [0, 0.1) is 11.7 Å². The van der Waals surface area contributed by atoms with Crippen LogP contribution in [-0.2, 0) is 17.9 Å². The van der Waals surface area contributed by atoms with Crippen molar-refractivity contribution in [2.45, 2.75) is 20.0 Å². The summed E-state index contributed by atoms with van der Waals surface area (Å²) in [6, 6.07) is 17.6. The molecule has 0 aliphatic rings. The second-order valence-electron chi connectivity index (χ2n) is 6.66. The van der Waals surface area contributed by atoms with Gasteiger partial charge in [0.05, 0.1) is 5.69 Å². The number of nitrogens with zero attached hydrogens (tertiary/aromatic N) is 4. The zero-order chi connectivity index (χ0) is 20.2. The number of hydrogen-bond acceptors (Lipinski definition) is 4. The van der Waals surface area contributed by atoms with Gasteiger partial charge in [-0.3, -0.25) is 14.5 Å². The van der Waals surface area contributed by atoms with E-state index in [2.05, 4.69) is 20.6 Å². The first-order chi connectivity index (χ1) is 14.1. The maximum atomic E-state index is 12.6. The molecule has 0 radical (unpaired) electrons. The fourth-order valence-electron chi connectivity index (χ4n) is 3.08. The smallest absolute Gasteiger partial charge is 0.240 e. The van der Waals surface area contributed by atoms with Crippen molar-refractivity contribution in [2.24, 2.45) is 0 Å². The number of H-pyrrole nitrogens is 1. The highest BCUT2D eigenvalue weighted by atomic mass is 32.1. The van der Waals surface area contributed by atoms with Crippen LogP contribution in [-0.4, -0.2) is 30.5 Å². The maximum Gasteiger partial charge on any atom is 0.240 e. The van der Waals surface area contributed by atoms with Crippen molar-refractivity contribution < 1.29 is 4.79 Å². The molecule has 29 heavy (non-hydrogen) atoms. The standard InChI is InChI=1S/C21H20N6OS/c1-15-7-9-16(10-8-15)20-24-25-21(29)26(20)14-19(28)22-13-17-5-2-3-6-18(17)27-12-4-11-23-27/h2-12H,13-14H2,1H3,(H,22,28)(H,25,29). The van der Waals surface area contributed by atoms with Crippen molar-refractivity contribution in [3.8, 4) is 17.1 Å². The van der Waals surface area contributed by atoms with E-state index >= 15 is 0 Å². The van der Waals surface area contributed by atoms with Gasteiger partial charge in [0.25, 0.3) is 0 Å². The topological polar surface area (TPSA) is 80.5 Å². The number of para-hydroxylation sites is 1. The molecule has 0 spiro atoms. The summed E-state index contributed by atoms with van der Waals surface area (Å²) in [6.07, 6.45) is 3.60. The van der Waals surface area contributed by atoms with Gasteiger partial charge in [0.15, 0.2) is 10.6 Å². The molecule has 0 unspecified atom stereocenters. The van der Waals surface area contributed by atoms with Gasteiger partial charge in [-0.05, 0) is 36.8 Å². The number of aryl methyl sites for hydroxylation is 1. The molecule has 0 atom stereocenters. The Hall–Kier alpha value is -3.52. The second kappa shape index (κ2) is 8.24. The highest BCUT2D eigenvalue weighted by molar-refractivity contribution is 7.71. The summed E-state index contributed by atoms with van der Waals surface area (Å²) in [7, 11) is 0. The minimum atomic E-state index is -0.147. The van der Waals surface area contributed by atoms with Crippen LogP contribution < -0.4 is 5.32 Å². The summed E-state index contributed by atoms with van der Waals surface area (Å²) < 4.78 is 3.89. The molecule has 0 aliphatic heterocycles. The Balaban J connectivity index is 1.49. The fourth-order valence-corrected chi connectivity index (χ4v) is 3.27. The molecule has 0 bridgehead atoms. The van der Waals surface area contributed by atoms with E-state index < -0.39 is 0 Å². The number of carbonyl (C=O) groups is 1. The average molecular weight is 404 g/mol. The van der Waals surface area contributed by atoms with Crippen LogP contribution in [0.25, 0.3) is 17.1 Å². The molecule has 0 saturated carbocycles. The minimum absolute atomic E-state index is 0.0858. The Kier molecular flexibility index (Phi) is 5.35. The van der Waals surface area contributed by atoms with E-state index in [4.69, 9.17) is 12.2 Å². The first kappa shape index (κ1) is 18.8. The molecule has 4 aromatic rings. The Bertz CT molecular complexity index is 1170. The predicted octanol–water partition coefficient (Wildman–Crippen LogP) is 3.42. The predicted molar refractivity (Wildman–Crippen MR) is 113 cm³/mol. The second-order valence-corrected chi connectivity index (χ2v) is 7.05. The monoisotopic (exact) mass is 404 g/mol. The largest absolute Gasteiger partial charge is 0.350 e. The lowest BCUT2D eigenvalue weighted by molar-refractivity contribution is -0.121. The van der Waals surface area contributed by atoms with Gasteiger partial charge < -0.3 is 5.32 Å². The van der Waals surface area contributed by atoms with Crippen LogP contribution in [0.4, 0.5) is 0 Å². The number of benzene rings is 2. The quantitative estimate of drug-likeness (QED) is 0.483. The third-order valence-electron chi connectivity index (χ3n) is 4.59. The van der Waals surface area contributed by atoms with E-state index in [0.717, 1.165) is 22.4 Å². The van der Waals surface area contributed by atoms with Gasteiger partial charge in [-0.1, -0.05) is 48.0 Å². The first-order valence-electron chi connectivity index (χ1n) is 9.18. The van der Waals surface area contributed by atoms with Gasteiger partial charge in [-0.25, -0.2) is 4.68 Å². The van der Waals surface area contributed by atoms with Crippen LogP contribution in [0.1, 0.15) is 11.1 Å². The molecular weight excluding hydrogens is 384 g/mol. The highest BCUT2D eigenvalue weighted by Gasteiger charge is 2.13. The number of aromatic nitrogens is 5. The number of rotatable bonds is 6. The molecule has 2 aromatic heterocycles. The van der Waals surface area contributed by atoms with Crippen molar-refractivity contribution in [3.63, 3.8) is 0 Å². The molecule has 2 heterocycles. The van der Waals surface area contributed by atoms with Crippen molar-refractivity contribution in [1.82, 2.24) is 29.9 Å². The molecule has 2 N–H and O–H groups in total. The van der Waals surface area contributed by atoms with Crippen molar-refractivity contribution >= 4 is 18.1 Å². The van der Waals surface area contributed by atoms with Crippen molar-refractivity contribution in [2.75, 3.05) is 0 Å². The lowest BCUT2D eigenvalue weighted by atomic mass is 10.1. The van der Waals surface area contributed by atoms with Crippen molar-refractivity contribution in [1.29, 1.82) is 0 Å². The Morgan fingerprint density at radius 3 is 2.69 bits per heavy atom. The SMILES string of the molecule is Cc1ccc(-c2n[nH]c(=S)n2CC(=O)NCc2ccccc2-n2cccn2)cc1. The maximum absolute atomic E-state index is 12.6.